The molecule has 23 heavy (non-hydrogen) atoms. The highest BCUT2D eigenvalue weighted by atomic mass is 16.2. The molecule has 0 aromatic carbocycles. The molecule has 2 aromatic heterocycles. The average Bonchev–Trinajstić information content (AvgIpc) is 3.09. The SMILES string of the molecule is CCc1cc(-c2cccc(C(=O)N3CCCC3)n2)c(C)[nH]c1=O. The lowest BCUT2D eigenvalue weighted by atomic mass is 10.1. The van der Waals surface area contributed by atoms with Crippen LogP contribution < -0.4 is 5.56 Å². The van der Waals surface area contributed by atoms with Gasteiger partial charge >= 0.3 is 0 Å². The molecule has 2 aromatic rings. The number of nitrogens with one attached hydrogen (secondary N) is 1. The number of pyridine rings is 2. The Kier molecular flexibility index (Phi) is 4.28. The van der Waals surface area contributed by atoms with E-state index in [4.69, 9.17) is 0 Å². The fourth-order valence-corrected chi connectivity index (χ4v) is 2.98. The molecule has 0 saturated carbocycles. The van der Waals surface area contributed by atoms with Crippen LogP contribution in [-0.2, 0) is 6.42 Å². The van der Waals surface area contributed by atoms with E-state index in [9.17, 15) is 9.59 Å². The summed E-state index contributed by atoms with van der Waals surface area (Å²) in [5.74, 6) is -0.0119. The first-order valence-corrected chi connectivity index (χ1v) is 8.09. The van der Waals surface area contributed by atoms with Crippen LogP contribution in [0, 0.1) is 6.92 Å². The van der Waals surface area contributed by atoms with E-state index in [-0.39, 0.29) is 11.5 Å². The van der Waals surface area contributed by atoms with Crippen LogP contribution in [0.2, 0.25) is 0 Å². The lowest BCUT2D eigenvalue weighted by Gasteiger charge is -2.15. The topological polar surface area (TPSA) is 66.1 Å². The van der Waals surface area contributed by atoms with Crippen LogP contribution in [0.1, 0.15) is 41.5 Å². The lowest BCUT2D eigenvalue weighted by molar-refractivity contribution is 0.0787. The van der Waals surface area contributed by atoms with Crippen molar-refractivity contribution in [2.45, 2.75) is 33.1 Å². The fourth-order valence-electron chi connectivity index (χ4n) is 2.98. The molecule has 1 aliphatic heterocycles. The Hall–Kier alpha value is -2.43. The monoisotopic (exact) mass is 311 g/mol. The molecular weight excluding hydrogens is 290 g/mol. The second-order valence-corrected chi connectivity index (χ2v) is 5.92. The summed E-state index contributed by atoms with van der Waals surface area (Å²) in [5, 5.41) is 0. The Balaban J connectivity index is 2.00. The molecule has 120 valence electrons. The van der Waals surface area contributed by atoms with Gasteiger partial charge in [-0.1, -0.05) is 13.0 Å². The Morgan fingerprint density at radius 3 is 2.74 bits per heavy atom. The molecule has 0 bridgehead atoms. The quantitative estimate of drug-likeness (QED) is 0.947. The smallest absolute Gasteiger partial charge is 0.272 e. The molecule has 3 heterocycles. The number of aromatic amines is 1. The van der Waals surface area contributed by atoms with Crippen molar-refractivity contribution in [3.63, 3.8) is 0 Å². The summed E-state index contributed by atoms with van der Waals surface area (Å²) in [6.07, 6.45) is 2.78. The molecule has 0 unspecified atom stereocenters. The predicted molar refractivity (Wildman–Crippen MR) is 89.5 cm³/mol. The summed E-state index contributed by atoms with van der Waals surface area (Å²) >= 11 is 0. The van der Waals surface area contributed by atoms with E-state index >= 15 is 0 Å². The van der Waals surface area contributed by atoms with Crippen LogP contribution in [0.15, 0.2) is 29.1 Å². The van der Waals surface area contributed by atoms with Crippen LogP contribution in [0.5, 0.6) is 0 Å². The van der Waals surface area contributed by atoms with Gasteiger partial charge in [-0.3, -0.25) is 9.59 Å². The minimum atomic E-state index is -0.0574. The van der Waals surface area contributed by atoms with Crippen molar-refractivity contribution in [2.24, 2.45) is 0 Å². The number of hydrogen-bond donors (Lipinski definition) is 1. The van der Waals surface area contributed by atoms with Gasteiger partial charge in [0.2, 0.25) is 0 Å². The summed E-state index contributed by atoms with van der Waals surface area (Å²) in [7, 11) is 0. The van der Waals surface area contributed by atoms with E-state index in [1.807, 2.05) is 36.9 Å². The van der Waals surface area contributed by atoms with E-state index < -0.39 is 0 Å². The molecule has 1 saturated heterocycles. The van der Waals surface area contributed by atoms with Crippen molar-refractivity contribution in [2.75, 3.05) is 13.1 Å². The van der Waals surface area contributed by atoms with Crippen LogP contribution in [0.4, 0.5) is 0 Å². The molecule has 5 heteroatoms. The zero-order valence-electron chi connectivity index (χ0n) is 13.6. The number of hydrogen-bond acceptors (Lipinski definition) is 3. The van der Waals surface area contributed by atoms with E-state index in [1.165, 1.54) is 0 Å². The number of amides is 1. The molecule has 0 radical (unpaired) electrons. The molecular formula is C18H21N3O2. The number of aryl methyl sites for hydroxylation is 2. The van der Waals surface area contributed by atoms with Gasteiger partial charge in [0.15, 0.2) is 0 Å². The average molecular weight is 311 g/mol. The number of aromatic nitrogens is 2. The van der Waals surface area contributed by atoms with Gasteiger partial charge in [-0.25, -0.2) is 4.98 Å². The highest BCUT2D eigenvalue weighted by Crippen LogP contribution is 2.21. The zero-order chi connectivity index (χ0) is 16.4. The largest absolute Gasteiger partial charge is 0.337 e. The van der Waals surface area contributed by atoms with Crippen molar-refractivity contribution >= 4 is 5.91 Å². The van der Waals surface area contributed by atoms with Crippen molar-refractivity contribution in [3.05, 3.63) is 51.6 Å². The first kappa shape index (κ1) is 15.5. The number of rotatable bonds is 3. The summed E-state index contributed by atoms with van der Waals surface area (Å²) in [6.45, 7) is 5.42. The van der Waals surface area contributed by atoms with E-state index in [1.54, 1.807) is 6.07 Å². The second-order valence-electron chi connectivity index (χ2n) is 5.92. The van der Waals surface area contributed by atoms with Gasteiger partial charge in [-0.15, -0.1) is 0 Å². The molecule has 1 N–H and O–H groups in total. The Morgan fingerprint density at radius 1 is 1.30 bits per heavy atom. The van der Waals surface area contributed by atoms with Crippen molar-refractivity contribution in [3.8, 4) is 11.3 Å². The van der Waals surface area contributed by atoms with E-state index in [0.717, 1.165) is 48.4 Å². The fraction of sp³-hybridized carbons (Fsp3) is 0.389. The summed E-state index contributed by atoms with van der Waals surface area (Å²) < 4.78 is 0. The first-order valence-electron chi connectivity index (χ1n) is 8.09. The normalized spacial score (nSPS) is 14.3. The maximum atomic E-state index is 12.5. The molecule has 1 amide bonds. The maximum absolute atomic E-state index is 12.5. The number of carbonyl (C=O) groups is 1. The Bertz CT molecular complexity index is 789. The number of likely N-dealkylation sites (tertiary alicyclic amines) is 1. The lowest BCUT2D eigenvalue weighted by Crippen LogP contribution is -2.28. The summed E-state index contributed by atoms with van der Waals surface area (Å²) in [5.41, 5.74) is 3.50. The third-order valence-electron chi connectivity index (χ3n) is 4.33. The minimum Gasteiger partial charge on any atom is -0.337 e. The molecule has 1 aliphatic rings. The molecule has 3 rings (SSSR count). The Morgan fingerprint density at radius 2 is 2.04 bits per heavy atom. The van der Waals surface area contributed by atoms with E-state index in [0.29, 0.717) is 12.1 Å². The van der Waals surface area contributed by atoms with Crippen LogP contribution in [-0.4, -0.2) is 33.9 Å². The highest BCUT2D eigenvalue weighted by molar-refractivity contribution is 5.93. The zero-order valence-corrected chi connectivity index (χ0v) is 13.6. The van der Waals surface area contributed by atoms with Crippen molar-refractivity contribution in [1.82, 2.24) is 14.9 Å². The third kappa shape index (κ3) is 3.04. The predicted octanol–water partition coefficient (Wildman–Crippen LogP) is 2.54. The van der Waals surface area contributed by atoms with Gasteiger partial charge in [0.05, 0.1) is 5.69 Å². The maximum Gasteiger partial charge on any atom is 0.272 e. The van der Waals surface area contributed by atoms with Crippen molar-refractivity contribution < 1.29 is 4.79 Å². The highest BCUT2D eigenvalue weighted by Gasteiger charge is 2.21. The number of nitrogens with zero attached hydrogens (tertiary/aromatic N) is 2. The summed E-state index contributed by atoms with van der Waals surface area (Å²) in [4.78, 5) is 33.6. The van der Waals surface area contributed by atoms with Gasteiger partial charge in [-0.2, -0.15) is 0 Å². The molecule has 0 aliphatic carbocycles. The van der Waals surface area contributed by atoms with E-state index in [2.05, 4.69) is 9.97 Å². The molecule has 1 fully saturated rings. The van der Waals surface area contributed by atoms with Gasteiger partial charge in [-0.05, 0) is 44.4 Å². The number of H-pyrrole nitrogens is 1. The van der Waals surface area contributed by atoms with Gasteiger partial charge in [0.1, 0.15) is 5.69 Å². The van der Waals surface area contributed by atoms with Gasteiger partial charge in [0.25, 0.3) is 11.5 Å². The Labute approximate surface area is 135 Å². The standard InChI is InChI=1S/C18H21N3O2/c1-3-13-11-14(12(2)19-17(13)22)15-7-6-8-16(20-15)18(23)21-9-4-5-10-21/h6-8,11H,3-5,9-10H2,1-2H3,(H,19,22). The van der Waals surface area contributed by atoms with Crippen LogP contribution in [0.3, 0.4) is 0 Å². The second kappa shape index (κ2) is 6.36. The molecule has 0 spiro atoms. The minimum absolute atomic E-state index is 0.0119. The van der Waals surface area contributed by atoms with Gasteiger partial charge < -0.3 is 9.88 Å². The van der Waals surface area contributed by atoms with Crippen molar-refractivity contribution in [1.29, 1.82) is 0 Å². The first-order chi connectivity index (χ1) is 11.1. The summed E-state index contributed by atoms with van der Waals surface area (Å²) in [6, 6.07) is 7.36. The van der Waals surface area contributed by atoms with Gasteiger partial charge in [0, 0.05) is 29.9 Å². The molecule has 5 nitrogen and oxygen atoms in total. The third-order valence-corrected chi connectivity index (χ3v) is 4.33. The molecule has 0 atom stereocenters. The van der Waals surface area contributed by atoms with Crippen LogP contribution >= 0.6 is 0 Å². The number of carbonyl (C=O) groups excluding carboxylic acids is 1. The van der Waals surface area contributed by atoms with Crippen LogP contribution in [0.25, 0.3) is 11.3 Å².